The number of ether oxygens (including phenoxy) is 1. The van der Waals surface area contributed by atoms with Gasteiger partial charge < -0.3 is 9.84 Å². The van der Waals surface area contributed by atoms with Gasteiger partial charge in [-0.1, -0.05) is 24.6 Å². The number of fused-ring (bicyclic) bond motifs is 1. The molecule has 0 radical (unpaired) electrons. The molecule has 2 unspecified atom stereocenters. The number of aliphatic hydroxyl groups is 1. The Kier molecular flexibility index (Phi) is 3.67. The molecular formula is C15H12BrClFNO2. The predicted molar refractivity (Wildman–Crippen MR) is 81.2 cm³/mol. The molecule has 3 rings (SSSR count). The number of hydrogen-bond donors (Lipinski definition) is 1. The second-order valence-corrected chi connectivity index (χ2v) is 6.16. The maximum Gasteiger partial charge on any atom is 0.180 e. The van der Waals surface area contributed by atoms with E-state index in [-0.39, 0.29) is 17.5 Å². The summed E-state index contributed by atoms with van der Waals surface area (Å²) in [4.78, 5) is 4.28. The zero-order valence-corrected chi connectivity index (χ0v) is 13.4. The number of hydrogen-bond acceptors (Lipinski definition) is 3. The van der Waals surface area contributed by atoms with Crippen molar-refractivity contribution in [1.82, 2.24) is 4.98 Å². The maximum absolute atomic E-state index is 13.8. The Labute approximate surface area is 134 Å². The second kappa shape index (κ2) is 5.23. The molecule has 2 atom stereocenters. The summed E-state index contributed by atoms with van der Waals surface area (Å²) in [7, 11) is 0. The average Bonchev–Trinajstić information content (AvgIpc) is 2.79. The summed E-state index contributed by atoms with van der Waals surface area (Å²) in [5.41, 5.74) is 0.296. The third kappa shape index (κ3) is 2.06. The molecule has 21 heavy (non-hydrogen) atoms. The van der Waals surface area contributed by atoms with Gasteiger partial charge in [-0.3, -0.25) is 4.98 Å². The van der Waals surface area contributed by atoms with Gasteiger partial charge in [-0.25, -0.2) is 4.39 Å². The standard InChI is InChI=1S/C15H12BrClFNO2/c1-8-12-10(6-9(18)14(17)13(12)16)21-15(8,7-20)11-4-2-3-5-19-11/h2-6,8,20H,7H2,1H3. The van der Waals surface area contributed by atoms with Crippen LogP contribution in [0.25, 0.3) is 0 Å². The van der Waals surface area contributed by atoms with Crippen LogP contribution in [-0.4, -0.2) is 16.7 Å². The van der Waals surface area contributed by atoms with Crippen LogP contribution in [0.3, 0.4) is 0 Å². The van der Waals surface area contributed by atoms with Crippen molar-refractivity contribution in [2.75, 3.05) is 6.61 Å². The summed E-state index contributed by atoms with van der Waals surface area (Å²) in [6.07, 6.45) is 1.63. The highest BCUT2D eigenvalue weighted by Gasteiger charge is 2.49. The van der Waals surface area contributed by atoms with Gasteiger partial charge in [0.2, 0.25) is 0 Å². The Balaban J connectivity index is 2.19. The van der Waals surface area contributed by atoms with E-state index in [0.29, 0.717) is 15.9 Å². The van der Waals surface area contributed by atoms with Crippen LogP contribution in [0.5, 0.6) is 5.75 Å². The predicted octanol–water partition coefficient (Wildman–Crippen LogP) is 4.02. The number of aliphatic hydroxyl groups excluding tert-OH is 1. The summed E-state index contributed by atoms with van der Waals surface area (Å²) >= 11 is 9.28. The molecule has 1 N–H and O–H groups in total. The smallest absolute Gasteiger partial charge is 0.180 e. The summed E-state index contributed by atoms with van der Waals surface area (Å²) in [6.45, 7) is 1.63. The van der Waals surface area contributed by atoms with Crippen molar-refractivity contribution in [3.63, 3.8) is 0 Å². The molecule has 0 saturated carbocycles. The van der Waals surface area contributed by atoms with Crippen molar-refractivity contribution >= 4 is 27.5 Å². The summed E-state index contributed by atoms with van der Waals surface area (Å²) < 4.78 is 20.2. The largest absolute Gasteiger partial charge is 0.477 e. The zero-order valence-electron chi connectivity index (χ0n) is 11.1. The summed E-state index contributed by atoms with van der Waals surface area (Å²) in [5, 5.41) is 9.95. The summed E-state index contributed by atoms with van der Waals surface area (Å²) in [5.74, 6) is -0.430. The number of nitrogens with zero attached hydrogens (tertiary/aromatic N) is 1. The van der Waals surface area contributed by atoms with E-state index in [4.69, 9.17) is 16.3 Å². The number of benzene rings is 1. The van der Waals surface area contributed by atoms with Crippen LogP contribution in [0.2, 0.25) is 5.02 Å². The molecule has 1 aromatic heterocycles. The fourth-order valence-corrected chi connectivity index (χ4v) is 3.62. The normalized spacial score (nSPS) is 23.8. The molecule has 1 aromatic carbocycles. The third-order valence-corrected chi connectivity index (χ3v) is 5.34. The van der Waals surface area contributed by atoms with Gasteiger partial charge >= 0.3 is 0 Å². The molecule has 110 valence electrons. The SMILES string of the molecule is CC1c2c(cc(F)c(Cl)c2Br)OC1(CO)c1ccccn1. The zero-order chi connectivity index (χ0) is 15.2. The van der Waals surface area contributed by atoms with Crippen LogP contribution in [0.1, 0.15) is 24.1 Å². The van der Waals surface area contributed by atoms with Crippen molar-refractivity contribution in [3.05, 3.63) is 57.0 Å². The Morgan fingerprint density at radius 1 is 1.52 bits per heavy atom. The molecule has 0 amide bonds. The topological polar surface area (TPSA) is 42.4 Å². The van der Waals surface area contributed by atoms with Gasteiger partial charge in [-0.15, -0.1) is 0 Å². The first kappa shape index (κ1) is 14.8. The van der Waals surface area contributed by atoms with Gasteiger partial charge in [-0.05, 0) is 28.1 Å². The van der Waals surface area contributed by atoms with Crippen LogP contribution < -0.4 is 4.74 Å². The van der Waals surface area contributed by atoms with Crippen LogP contribution in [0, 0.1) is 5.82 Å². The Morgan fingerprint density at radius 3 is 2.90 bits per heavy atom. The second-order valence-electron chi connectivity index (χ2n) is 4.98. The van der Waals surface area contributed by atoms with Gasteiger partial charge in [-0.2, -0.15) is 0 Å². The van der Waals surface area contributed by atoms with Gasteiger partial charge in [0.1, 0.15) is 11.6 Å². The highest BCUT2D eigenvalue weighted by Crippen LogP contribution is 2.53. The van der Waals surface area contributed by atoms with Gasteiger partial charge in [0.25, 0.3) is 0 Å². The number of halogens is 3. The van der Waals surface area contributed by atoms with Crippen molar-refractivity contribution in [2.24, 2.45) is 0 Å². The Hall–Kier alpha value is -1.17. The molecule has 0 fully saturated rings. The lowest BCUT2D eigenvalue weighted by Crippen LogP contribution is -2.38. The molecule has 3 nitrogen and oxygen atoms in total. The Morgan fingerprint density at radius 2 is 2.29 bits per heavy atom. The van der Waals surface area contributed by atoms with E-state index in [1.807, 2.05) is 13.0 Å². The fourth-order valence-electron chi connectivity index (χ4n) is 2.73. The van der Waals surface area contributed by atoms with Crippen molar-refractivity contribution in [1.29, 1.82) is 0 Å². The molecule has 0 bridgehead atoms. The minimum atomic E-state index is -1.04. The van der Waals surface area contributed by atoms with Gasteiger partial charge in [0.05, 0.1) is 17.3 Å². The van der Waals surface area contributed by atoms with E-state index in [9.17, 15) is 9.50 Å². The molecule has 0 spiro atoms. The van der Waals surface area contributed by atoms with Crippen molar-refractivity contribution in [3.8, 4) is 5.75 Å². The van der Waals surface area contributed by atoms with Crippen LogP contribution in [-0.2, 0) is 5.60 Å². The minimum Gasteiger partial charge on any atom is -0.477 e. The Bertz CT molecular complexity index is 698. The molecular weight excluding hydrogens is 361 g/mol. The summed E-state index contributed by atoms with van der Waals surface area (Å²) in [6, 6.07) is 6.64. The first-order chi connectivity index (χ1) is 10.0. The molecule has 1 aliphatic heterocycles. The van der Waals surface area contributed by atoms with Crippen molar-refractivity contribution < 1.29 is 14.2 Å². The lowest BCUT2D eigenvalue weighted by molar-refractivity contribution is 0.00370. The third-order valence-electron chi connectivity index (χ3n) is 3.92. The first-order valence-electron chi connectivity index (χ1n) is 6.40. The van der Waals surface area contributed by atoms with Crippen molar-refractivity contribution in [2.45, 2.75) is 18.4 Å². The highest BCUT2D eigenvalue weighted by atomic mass is 79.9. The molecule has 1 aliphatic rings. The number of pyridine rings is 1. The van der Waals surface area contributed by atoms with E-state index in [1.54, 1.807) is 18.3 Å². The average molecular weight is 373 g/mol. The van der Waals surface area contributed by atoms with E-state index in [1.165, 1.54) is 6.07 Å². The van der Waals surface area contributed by atoms with Crippen LogP contribution >= 0.6 is 27.5 Å². The monoisotopic (exact) mass is 371 g/mol. The van der Waals surface area contributed by atoms with Gasteiger partial charge in [0.15, 0.2) is 5.60 Å². The maximum atomic E-state index is 13.8. The van der Waals surface area contributed by atoms with E-state index < -0.39 is 11.4 Å². The lowest BCUT2D eigenvalue weighted by atomic mass is 9.83. The van der Waals surface area contributed by atoms with E-state index in [2.05, 4.69) is 20.9 Å². The van der Waals surface area contributed by atoms with E-state index >= 15 is 0 Å². The molecule has 2 heterocycles. The van der Waals surface area contributed by atoms with Crippen LogP contribution in [0.15, 0.2) is 34.9 Å². The number of rotatable bonds is 2. The molecule has 0 aliphatic carbocycles. The first-order valence-corrected chi connectivity index (χ1v) is 7.57. The van der Waals surface area contributed by atoms with E-state index in [0.717, 1.165) is 5.56 Å². The van der Waals surface area contributed by atoms with Gasteiger partial charge in [0, 0.05) is 28.2 Å². The minimum absolute atomic E-state index is 0.0129. The lowest BCUT2D eigenvalue weighted by Gasteiger charge is -2.30. The van der Waals surface area contributed by atoms with Crippen LogP contribution in [0.4, 0.5) is 4.39 Å². The number of aromatic nitrogens is 1. The quantitative estimate of drug-likeness (QED) is 0.810. The molecule has 2 aromatic rings. The molecule has 6 heteroatoms. The molecule has 0 saturated heterocycles. The highest BCUT2D eigenvalue weighted by molar-refractivity contribution is 9.10. The fraction of sp³-hybridized carbons (Fsp3) is 0.267.